The van der Waals surface area contributed by atoms with E-state index < -0.39 is 0 Å². The Labute approximate surface area is 139 Å². The van der Waals surface area contributed by atoms with Gasteiger partial charge in [-0.3, -0.25) is 9.98 Å². The fourth-order valence-electron chi connectivity index (χ4n) is 3.53. The highest BCUT2D eigenvalue weighted by Gasteiger charge is 2.11. The van der Waals surface area contributed by atoms with Crippen molar-refractivity contribution in [2.24, 2.45) is 4.99 Å². The summed E-state index contributed by atoms with van der Waals surface area (Å²) in [4.78, 5) is 9.81. The van der Waals surface area contributed by atoms with Gasteiger partial charge < -0.3 is 0 Å². The van der Waals surface area contributed by atoms with Gasteiger partial charge in [0.1, 0.15) is 0 Å². The Morgan fingerprint density at radius 2 is 1.65 bits per heavy atom. The lowest BCUT2D eigenvalue weighted by Gasteiger charge is -2.10. The topological polar surface area (TPSA) is 25.2 Å². The Bertz CT molecular complexity index is 733. The first-order chi connectivity index (χ1) is 11.0. The second-order valence-corrected chi connectivity index (χ2v) is 6.81. The molecule has 0 N–H and O–H groups in total. The van der Waals surface area contributed by atoms with Gasteiger partial charge in [-0.2, -0.15) is 0 Å². The molecular formula is C21H26N2. The maximum atomic E-state index is 4.92. The lowest BCUT2D eigenvalue weighted by Crippen LogP contribution is -2.04. The molecule has 3 rings (SSSR count). The zero-order valence-corrected chi connectivity index (χ0v) is 14.7. The molecule has 0 fully saturated rings. The minimum absolute atomic E-state index is 1.01. The molecule has 0 unspecified atom stereocenters. The van der Waals surface area contributed by atoms with E-state index in [9.17, 15) is 0 Å². The average molecular weight is 306 g/mol. The molecule has 0 radical (unpaired) electrons. The van der Waals surface area contributed by atoms with Crippen LogP contribution in [0.4, 0.5) is 5.69 Å². The number of aryl methyl sites for hydroxylation is 5. The average Bonchev–Trinajstić information content (AvgIpc) is 2.75. The third kappa shape index (κ3) is 3.52. The van der Waals surface area contributed by atoms with Gasteiger partial charge in [-0.25, -0.2) is 0 Å². The summed E-state index contributed by atoms with van der Waals surface area (Å²) in [6.07, 6.45) is 6.16. The molecule has 0 aliphatic heterocycles. The van der Waals surface area contributed by atoms with E-state index in [1.165, 1.54) is 53.6 Å². The Balaban J connectivity index is 1.97. The van der Waals surface area contributed by atoms with Crippen LogP contribution in [0, 0.1) is 20.8 Å². The predicted molar refractivity (Wildman–Crippen MR) is 98.0 cm³/mol. The molecule has 1 heterocycles. The Hall–Kier alpha value is -1.96. The molecule has 1 aromatic carbocycles. The van der Waals surface area contributed by atoms with Crippen LogP contribution in [0.25, 0.3) is 0 Å². The monoisotopic (exact) mass is 306 g/mol. The molecule has 2 aromatic rings. The van der Waals surface area contributed by atoms with E-state index in [-0.39, 0.29) is 0 Å². The van der Waals surface area contributed by atoms with Crippen molar-refractivity contribution < 1.29 is 0 Å². The van der Waals surface area contributed by atoms with Crippen molar-refractivity contribution in [1.29, 1.82) is 0 Å². The third-order valence-electron chi connectivity index (χ3n) is 4.71. The SMILES string of the molecule is CC(=Nc1c(C)cc(C)cc1C)c1ccc2c(n1)CCCCC2. The Kier molecular flexibility index (Phi) is 4.61. The van der Waals surface area contributed by atoms with Gasteiger partial charge in [-0.15, -0.1) is 0 Å². The lowest BCUT2D eigenvalue weighted by molar-refractivity contribution is 0.708. The van der Waals surface area contributed by atoms with E-state index in [1.807, 2.05) is 0 Å². The minimum Gasteiger partial charge on any atom is -0.251 e. The zero-order valence-electron chi connectivity index (χ0n) is 14.7. The van der Waals surface area contributed by atoms with Gasteiger partial charge in [0.15, 0.2) is 0 Å². The molecule has 0 bridgehead atoms. The Morgan fingerprint density at radius 3 is 2.39 bits per heavy atom. The molecule has 120 valence electrons. The van der Waals surface area contributed by atoms with Crippen LogP contribution in [0.3, 0.4) is 0 Å². The summed E-state index contributed by atoms with van der Waals surface area (Å²) in [5, 5.41) is 0. The molecule has 2 nitrogen and oxygen atoms in total. The molecule has 0 saturated carbocycles. The highest BCUT2D eigenvalue weighted by molar-refractivity contribution is 5.99. The van der Waals surface area contributed by atoms with E-state index in [0.717, 1.165) is 23.5 Å². The van der Waals surface area contributed by atoms with Gasteiger partial charge in [-0.05, 0) is 76.1 Å². The summed E-state index contributed by atoms with van der Waals surface area (Å²) in [6, 6.07) is 8.80. The molecule has 1 aromatic heterocycles. The van der Waals surface area contributed by atoms with E-state index in [1.54, 1.807) is 0 Å². The van der Waals surface area contributed by atoms with Crippen molar-refractivity contribution in [2.75, 3.05) is 0 Å². The fraction of sp³-hybridized carbons (Fsp3) is 0.429. The molecule has 1 aliphatic carbocycles. The van der Waals surface area contributed by atoms with Crippen LogP contribution in [-0.4, -0.2) is 10.7 Å². The summed E-state index contributed by atoms with van der Waals surface area (Å²) in [7, 11) is 0. The first kappa shape index (κ1) is 15.9. The van der Waals surface area contributed by atoms with E-state index in [0.29, 0.717) is 0 Å². The van der Waals surface area contributed by atoms with Gasteiger partial charge in [0, 0.05) is 5.69 Å². The number of hydrogen-bond acceptors (Lipinski definition) is 2. The summed E-state index contributed by atoms with van der Waals surface area (Å²) >= 11 is 0. The number of nitrogens with zero attached hydrogens (tertiary/aromatic N) is 2. The normalized spacial score (nSPS) is 15.2. The molecule has 0 amide bonds. The van der Waals surface area contributed by atoms with Crippen molar-refractivity contribution in [2.45, 2.75) is 59.8 Å². The van der Waals surface area contributed by atoms with E-state index in [2.05, 4.69) is 52.0 Å². The number of benzene rings is 1. The van der Waals surface area contributed by atoms with Gasteiger partial charge in [0.25, 0.3) is 0 Å². The minimum atomic E-state index is 1.01. The van der Waals surface area contributed by atoms with Crippen LogP contribution >= 0.6 is 0 Å². The quantitative estimate of drug-likeness (QED) is 0.537. The Morgan fingerprint density at radius 1 is 0.957 bits per heavy atom. The second-order valence-electron chi connectivity index (χ2n) is 6.81. The van der Waals surface area contributed by atoms with Gasteiger partial charge in [0.05, 0.1) is 17.1 Å². The fourth-order valence-corrected chi connectivity index (χ4v) is 3.53. The zero-order chi connectivity index (χ0) is 16.4. The number of pyridine rings is 1. The number of aliphatic imine (C=N–C) groups is 1. The molecule has 23 heavy (non-hydrogen) atoms. The van der Waals surface area contributed by atoms with Crippen molar-refractivity contribution in [3.63, 3.8) is 0 Å². The number of hydrogen-bond donors (Lipinski definition) is 0. The van der Waals surface area contributed by atoms with Crippen molar-refractivity contribution in [3.05, 3.63) is 57.9 Å². The highest BCUT2D eigenvalue weighted by atomic mass is 14.8. The second kappa shape index (κ2) is 6.66. The van der Waals surface area contributed by atoms with Crippen LogP contribution in [0.2, 0.25) is 0 Å². The summed E-state index contributed by atoms with van der Waals surface area (Å²) < 4.78 is 0. The highest BCUT2D eigenvalue weighted by Crippen LogP contribution is 2.26. The van der Waals surface area contributed by atoms with Crippen LogP contribution in [0.1, 0.15) is 59.8 Å². The molecule has 0 spiro atoms. The van der Waals surface area contributed by atoms with Gasteiger partial charge in [0.2, 0.25) is 0 Å². The van der Waals surface area contributed by atoms with Crippen molar-refractivity contribution >= 4 is 11.4 Å². The standard InChI is InChI=1S/C21H26N2/c1-14-12-15(2)21(16(3)13-14)22-17(4)19-11-10-18-8-6-5-7-9-20(18)23-19/h10-13H,5-9H2,1-4H3. The van der Waals surface area contributed by atoms with Crippen LogP contribution in [0.5, 0.6) is 0 Å². The first-order valence-electron chi connectivity index (χ1n) is 8.67. The molecular weight excluding hydrogens is 280 g/mol. The molecule has 0 atom stereocenters. The summed E-state index contributed by atoms with van der Waals surface area (Å²) in [6.45, 7) is 8.48. The van der Waals surface area contributed by atoms with Crippen LogP contribution in [0.15, 0.2) is 29.3 Å². The number of fused-ring (bicyclic) bond motifs is 1. The summed E-state index contributed by atoms with van der Waals surface area (Å²) in [5.41, 5.74) is 9.59. The third-order valence-corrected chi connectivity index (χ3v) is 4.71. The van der Waals surface area contributed by atoms with Crippen LogP contribution < -0.4 is 0 Å². The molecule has 2 heteroatoms. The van der Waals surface area contributed by atoms with E-state index >= 15 is 0 Å². The maximum absolute atomic E-state index is 4.92. The maximum Gasteiger partial charge on any atom is 0.0845 e. The molecule has 0 saturated heterocycles. The molecule has 1 aliphatic rings. The number of aromatic nitrogens is 1. The smallest absolute Gasteiger partial charge is 0.0845 e. The summed E-state index contributed by atoms with van der Waals surface area (Å²) in [5.74, 6) is 0. The van der Waals surface area contributed by atoms with E-state index in [4.69, 9.17) is 9.98 Å². The van der Waals surface area contributed by atoms with Gasteiger partial charge >= 0.3 is 0 Å². The van der Waals surface area contributed by atoms with Crippen LogP contribution in [-0.2, 0) is 12.8 Å². The van der Waals surface area contributed by atoms with Gasteiger partial charge in [-0.1, -0.05) is 30.2 Å². The lowest BCUT2D eigenvalue weighted by atomic mass is 10.0. The van der Waals surface area contributed by atoms with Crippen molar-refractivity contribution in [1.82, 2.24) is 4.98 Å². The van der Waals surface area contributed by atoms with Crippen molar-refractivity contribution in [3.8, 4) is 0 Å². The first-order valence-corrected chi connectivity index (χ1v) is 8.67. The predicted octanol–water partition coefficient (Wildman–Crippen LogP) is 5.42. The number of rotatable bonds is 2. The largest absolute Gasteiger partial charge is 0.251 e.